The van der Waals surface area contributed by atoms with Crippen LogP contribution in [-0.4, -0.2) is 38.9 Å². The van der Waals surface area contributed by atoms with E-state index in [0.717, 1.165) is 62.6 Å². The van der Waals surface area contributed by atoms with Gasteiger partial charge < -0.3 is 19.3 Å². The fraction of sp³-hybridized carbons (Fsp3) is 0.458. The number of rotatable bonds is 5. The van der Waals surface area contributed by atoms with E-state index in [1.54, 1.807) is 0 Å². The average molecular weight is 395 g/mol. The van der Waals surface area contributed by atoms with E-state index in [2.05, 4.69) is 47.1 Å². The number of esters is 1. The SMILES string of the molecule is CCN(c1cc(N2Cc3ccccc3C2)cc(C(=O)OC)c1C)C1CCOCC1. The third kappa shape index (κ3) is 3.84. The topological polar surface area (TPSA) is 42.0 Å². The van der Waals surface area contributed by atoms with E-state index in [1.165, 1.54) is 18.2 Å². The monoisotopic (exact) mass is 394 g/mol. The summed E-state index contributed by atoms with van der Waals surface area (Å²) in [5, 5.41) is 0. The molecule has 0 saturated carbocycles. The van der Waals surface area contributed by atoms with Gasteiger partial charge in [0, 0.05) is 50.3 Å². The van der Waals surface area contributed by atoms with E-state index in [9.17, 15) is 4.79 Å². The molecule has 5 nitrogen and oxygen atoms in total. The summed E-state index contributed by atoms with van der Waals surface area (Å²) in [4.78, 5) is 17.4. The number of hydrogen-bond acceptors (Lipinski definition) is 5. The summed E-state index contributed by atoms with van der Waals surface area (Å²) in [7, 11) is 1.45. The van der Waals surface area contributed by atoms with Crippen molar-refractivity contribution in [3.63, 3.8) is 0 Å². The lowest BCUT2D eigenvalue weighted by atomic mass is 10.00. The largest absolute Gasteiger partial charge is 0.465 e. The molecule has 0 atom stereocenters. The molecule has 0 aliphatic carbocycles. The highest BCUT2D eigenvalue weighted by molar-refractivity contribution is 5.94. The summed E-state index contributed by atoms with van der Waals surface area (Å²) in [5.41, 5.74) is 6.56. The minimum absolute atomic E-state index is 0.273. The number of nitrogens with zero attached hydrogens (tertiary/aromatic N) is 2. The lowest BCUT2D eigenvalue weighted by molar-refractivity contribution is 0.0599. The van der Waals surface area contributed by atoms with Crippen molar-refractivity contribution in [2.24, 2.45) is 0 Å². The van der Waals surface area contributed by atoms with Crippen molar-refractivity contribution in [1.29, 1.82) is 0 Å². The molecular weight excluding hydrogens is 364 g/mol. The second kappa shape index (κ2) is 8.46. The molecule has 1 fully saturated rings. The van der Waals surface area contributed by atoms with Gasteiger partial charge in [-0.25, -0.2) is 4.79 Å². The first-order valence-electron chi connectivity index (χ1n) is 10.5. The maximum Gasteiger partial charge on any atom is 0.338 e. The lowest BCUT2D eigenvalue weighted by Gasteiger charge is -2.37. The molecule has 4 rings (SSSR count). The molecule has 0 unspecified atom stereocenters. The van der Waals surface area contributed by atoms with Gasteiger partial charge in [0.25, 0.3) is 0 Å². The third-order valence-electron chi connectivity index (χ3n) is 6.26. The molecule has 0 N–H and O–H groups in total. The lowest BCUT2D eigenvalue weighted by Crippen LogP contribution is -2.40. The zero-order valence-electron chi connectivity index (χ0n) is 17.6. The molecule has 0 bridgehead atoms. The number of fused-ring (bicyclic) bond motifs is 1. The summed E-state index contributed by atoms with van der Waals surface area (Å²) in [6.07, 6.45) is 2.03. The Hall–Kier alpha value is -2.53. The van der Waals surface area contributed by atoms with Crippen LogP contribution in [0.2, 0.25) is 0 Å². The number of anilines is 2. The number of ether oxygens (including phenoxy) is 2. The van der Waals surface area contributed by atoms with E-state index in [1.807, 2.05) is 13.0 Å². The number of carbonyl (C=O) groups excluding carboxylic acids is 1. The molecule has 0 amide bonds. The second-order valence-corrected chi connectivity index (χ2v) is 7.88. The Morgan fingerprint density at radius 1 is 1.17 bits per heavy atom. The van der Waals surface area contributed by atoms with Crippen molar-refractivity contribution in [2.45, 2.75) is 45.8 Å². The standard InChI is InChI=1S/C24H30N2O3/c1-4-26(20-9-11-29-12-10-20)23-14-21(13-22(17(23)2)24(27)28-3)25-15-18-7-5-6-8-19(18)16-25/h5-8,13-14,20H,4,9-12,15-16H2,1-3H3. The number of methoxy groups -OCH3 is 1. The third-order valence-corrected chi connectivity index (χ3v) is 6.26. The Morgan fingerprint density at radius 2 is 1.83 bits per heavy atom. The fourth-order valence-electron chi connectivity index (χ4n) is 4.62. The van der Waals surface area contributed by atoms with Crippen LogP contribution in [0.4, 0.5) is 11.4 Å². The molecule has 29 heavy (non-hydrogen) atoms. The van der Waals surface area contributed by atoms with Gasteiger partial charge in [0.1, 0.15) is 0 Å². The Labute approximate surface area is 173 Å². The van der Waals surface area contributed by atoms with Crippen molar-refractivity contribution in [2.75, 3.05) is 36.7 Å². The van der Waals surface area contributed by atoms with Crippen molar-refractivity contribution in [3.05, 3.63) is 58.7 Å². The molecular formula is C24H30N2O3. The normalized spacial score (nSPS) is 16.6. The van der Waals surface area contributed by atoms with Gasteiger partial charge in [-0.05, 0) is 55.5 Å². The molecule has 0 aromatic heterocycles. The predicted molar refractivity (Wildman–Crippen MR) is 116 cm³/mol. The summed E-state index contributed by atoms with van der Waals surface area (Å²) < 4.78 is 10.7. The van der Waals surface area contributed by atoms with Gasteiger partial charge in [-0.2, -0.15) is 0 Å². The maximum absolute atomic E-state index is 12.6. The first-order chi connectivity index (χ1) is 14.1. The quantitative estimate of drug-likeness (QED) is 0.707. The molecule has 2 heterocycles. The van der Waals surface area contributed by atoms with Crippen LogP contribution < -0.4 is 9.80 Å². The van der Waals surface area contributed by atoms with Crippen molar-refractivity contribution >= 4 is 17.3 Å². The van der Waals surface area contributed by atoms with Crippen LogP contribution in [0.25, 0.3) is 0 Å². The molecule has 0 radical (unpaired) electrons. The highest BCUT2D eigenvalue weighted by atomic mass is 16.5. The van der Waals surface area contributed by atoms with Crippen LogP contribution in [0.5, 0.6) is 0 Å². The Balaban J connectivity index is 1.74. The fourth-order valence-corrected chi connectivity index (χ4v) is 4.62. The van der Waals surface area contributed by atoms with Crippen molar-refractivity contribution in [3.8, 4) is 0 Å². The number of carbonyl (C=O) groups is 1. The number of benzene rings is 2. The summed E-state index contributed by atoms with van der Waals surface area (Å²) in [5.74, 6) is -0.273. The minimum Gasteiger partial charge on any atom is -0.465 e. The molecule has 2 aromatic rings. The van der Waals surface area contributed by atoms with E-state index in [4.69, 9.17) is 9.47 Å². The van der Waals surface area contributed by atoms with E-state index in [-0.39, 0.29) is 5.97 Å². The van der Waals surface area contributed by atoms with Crippen LogP contribution in [0.15, 0.2) is 36.4 Å². The van der Waals surface area contributed by atoms with Gasteiger partial charge >= 0.3 is 5.97 Å². The minimum atomic E-state index is -0.273. The predicted octanol–water partition coefficient (Wildman–Crippen LogP) is 4.31. The van der Waals surface area contributed by atoms with Gasteiger partial charge in [0.2, 0.25) is 0 Å². The smallest absolute Gasteiger partial charge is 0.338 e. The molecule has 1 saturated heterocycles. The van der Waals surface area contributed by atoms with Crippen molar-refractivity contribution in [1.82, 2.24) is 0 Å². The Bertz CT molecular complexity index is 865. The Morgan fingerprint density at radius 3 is 2.41 bits per heavy atom. The van der Waals surface area contributed by atoms with E-state index in [0.29, 0.717) is 11.6 Å². The van der Waals surface area contributed by atoms with E-state index >= 15 is 0 Å². The molecule has 0 spiro atoms. The zero-order chi connectivity index (χ0) is 20.4. The van der Waals surface area contributed by atoms with Gasteiger partial charge in [-0.1, -0.05) is 24.3 Å². The summed E-state index contributed by atoms with van der Waals surface area (Å²) in [6.45, 7) is 8.44. The van der Waals surface area contributed by atoms with Crippen LogP contribution in [0, 0.1) is 6.92 Å². The van der Waals surface area contributed by atoms with Gasteiger partial charge in [-0.15, -0.1) is 0 Å². The maximum atomic E-state index is 12.6. The van der Waals surface area contributed by atoms with Gasteiger partial charge in [-0.3, -0.25) is 0 Å². The summed E-state index contributed by atoms with van der Waals surface area (Å²) in [6, 6.07) is 13.2. The van der Waals surface area contributed by atoms with Crippen LogP contribution >= 0.6 is 0 Å². The van der Waals surface area contributed by atoms with Crippen LogP contribution in [-0.2, 0) is 22.6 Å². The first kappa shape index (κ1) is 19.8. The highest BCUT2D eigenvalue weighted by Gasteiger charge is 2.27. The number of hydrogen-bond donors (Lipinski definition) is 0. The molecule has 2 aromatic carbocycles. The van der Waals surface area contributed by atoms with Gasteiger partial charge in [0.05, 0.1) is 12.7 Å². The molecule has 2 aliphatic heterocycles. The van der Waals surface area contributed by atoms with E-state index < -0.39 is 0 Å². The second-order valence-electron chi connectivity index (χ2n) is 7.88. The summed E-state index contributed by atoms with van der Waals surface area (Å²) >= 11 is 0. The van der Waals surface area contributed by atoms with Crippen LogP contribution in [0.1, 0.15) is 46.8 Å². The zero-order valence-corrected chi connectivity index (χ0v) is 17.6. The van der Waals surface area contributed by atoms with Crippen LogP contribution in [0.3, 0.4) is 0 Å². The molecule has 5 heteroatoms. The Kier molecular flexibility index (Phi) is 5.76. The molecule has 2 aliphatic rings. The first-order valence-corrected chi connectivity index (χ1v) is 10.5. The van der Waals surface area contributed by atoms with Crippen molar-refractivity contribution < 1.29 is 14.3 Å². The highest BCUT2D eigenvalue weighted by Crippen LogP contribution is 2.36. The average Bonchev–Trinajstić information content (AvgIpc) is 3.20. The molecule has 154 valence electrons. The van der Waals surface area contributed by atoms with Gasteiger partial charge in [0.15, 0.2) is 0 Å².